The standard InChI is InChI=1S/C10H9IO6/c1-4-3-6(9(12)13)8(11(16)17)7(5(4)2)10(14)15/h3H,1-2H3,(H,12,13)(H,14,15). The molecule has 1 aromatic carbocycles. The second kappa shape index (κ2) is 4.78. The Hall–Kier alpha value is -1.51. The molecule has 0 saturated heterocycles. The first-order valence-corrected chi connectivity index (χ1v) is 7.27. The maximum absolute atomic E-state index is 11.1. The molecule has 0 atom stereocenters. The fourth-order valence-corrected chi connectivity index (χ4v) is 3.39. The molecule has 0 aliphatic heterocycles. The van der Waals surface area contributed by atoms with Gasteiger partial charge in [0.25, 0.3) is 0 Å². The van der Waals surface area contributed by atoms with Gasteiger partial charge in [0.2, 0.25) is 0 Å². The highest BCUT2D eigenvalue weighted by molar-refractivity contribution is 14.2. The fraction of sp³-hybridized carbons (Fsp3) is 0.200. The van der Waals surface area contributed by atoms with E-state index in [1.165, 1.54) is 19.9 Å². The molecule has 2 N–H and O–H groups in total. The number of benzene rings is 1. The van der Waals surface area contributed by atoms with Gasteiger partial charge in [-0.05, 0) is 31.0 Å². The summed E-state index contributed by atoms with van der Waals surface area (Å²) in [6.45, 7) is 2.99. The van der Waals surface area contributed by atoms with Crippen LogP contribution in [0, 0.1) is 17.4 Å². The number of halogens is 1. The average molecular weight is 352 g/mol. The Morgan fingerprint density at radius 3 is 2.00 bits per heavy atom. The van der Waals surface area contributed by atoms with Gasteiger partial charge in [0.15, 0.2) is 0 Å². The molecule has 0 bridgehead atoms. The van der Waals surface area contributed by atoms with Gasteiger partial charge in [0, 0.05) is 0 Å². The molecule has 92 valence electrons. The molecule has 1 rings (SSSR count). The van der Waals surface area contributed by atoms with Crippen molar-refractivity contribution in [2.75, 3.05) is 0 Å². The summed E-state index contributed by atoms with van der Waals surface area (Å²) in [6, 6.07) is 1.18. The van der Waals surface area contributed by atoms with Crippen molar-refractivity contribution in [2.45, 2.75) is 13.8 Å². The van der Waals surface area contributed by atoms with Crippen LogP contribution in [0.25, 0.3) is 0 Å². The van der Waals surface area contributed by atoms with E-state index >= 15 is 0 Å². The second-order valence-electron chi connectivity index (χ2n) is 3.38. The average Bonchev–Trinajstić information content (AvgIpc) is 2.19. The van der Waals surface area contributed by atoms with Crippen molar-refractivity contribution in [3.05, 3.63) is 31.9 Å². The molecular formula is C10H9IO6. The van der Waals surface area contributed by atoms with Gasteiger partial charge >= 0.3 is 31.7 Å². The summed E-state index contributed by atoms with van der Waals surface area (Å²) in [4.78, 5) is 21.9. The summed E-state index contributed by atoms with van der Waals surface area (Å²) in [7, 11) is 0. The number of hydrogen-bond donors (Lipinski definition) is 2. The minimum Gasteiger partial charge on any atom is -0.478 e. The van der Waals surface area contributed by atoms with Crippen molar-refractivity contribution in [1.29, 1.82) is 0 Å². The van der Waals surface area contributed by atoms with Crippen molar-refractivity contribution < 1.29 is 25.9 Å². The van der Waals surface area contributed by atoms with Crippen LogP contribution in [0.3, 0.4) is 0 Å². The molecule has 1 aromatic rings. The minimum absolute atomic E-state index is 0.270. The van der Waals surface area contributed by atoms with Crippen molar-refractivity contribution >= 4 is 31.7 Å². The van der Waals surface area contributed by atoms with Crippen molar-refractivity contribution in [2.24, 2.45) is 0 Å². The molecule has 0 unspecified atom stereocenters. The van der Waals surface area contributed by atoms with Crippen LogP contribution in [-0.4, -0.2) is 22.2 Å². The molecule has 0 amide bonds. The maximum atomic E-state index is 11.1. The Balaban J connectivity index is 3.90. The van der Waals surface area contributed by atoms with Crippen LogP contribution in [-0.2, 0) is 6.14 Å². The largest absolute Gasteiger partial charge is 0.478 e. The number of rotatable bonds is 3. The van der Waals surface area contributed by atoms with Crippen LogP contribution < -0.4 is 0 Å². The lowest BCUT2D eigenvalue weighted by Crippen LogP contribution is -2.11. The highest BCUT2D eigenvalue weighted by atomic mass is 127. The summed E-state index contributed by atoms with van der Waals surface area (Å²) in [6.07, 6.45) is 0. The molecule has 0 heterocycles. The monoisotopic (exact) mass is 352 g/mol. The van der Waals surface area contributed by atoms with Gasteiger partial charge in [-0.3, -0.25) is 0 Å². The number of carbonyl (C=O) groups is 2. The van der Waals surface area contributed by atoms with E-state index in [4.69, 9.17) is 10.2 Å². The van der Waals surface area contributed by atoms with Crippen molar-refractivity contribution in [1.82, 2.24) is 0 Å². The van der Waals surface area contributed by atoms with E-state index in [1.54, 1.807) is 0 Å². The highest BCUT2D eigenvalue weighted by Crippen LogP contribution is 2.30. The summed E-state index contributed by atoms with van der Waals surface area (Å²) in [5, 5.41) is 17.9. The Morgan fingerprint density at radius 1 is 1.12 bits per heavy atom. The van der Waals surface area contributed by atoms with Gasteiger partial charge < -0.3 is 10.2 Å². The van der Waals surface area contributed by atoms with Crippen LogP contribution in [0.15, 0.2) is 6.07 Å². The number of hydrogen-bond acceptors (Lipinski definition) is 4. The summed E-state index contributed by atoms with van der Waals surface area (Å²) >= 11 is -4.21. The van der Waals surface area contributed by atoms with Crippen molar-refractivity contribution in [3.63, 3.8) is 0 Å². The maximum Gasteiger partial charge on any atom is 0.342 e. The molecule has 6 nitrogen and oxygen atoms in total. The fourth-order valence-electron chi connectivity index (χ4n) is 1.45. The Kier molecular flexibility index (Phi) is 3.81. The zero-order valence-electron chi connectivity index (χ0n) is 8.98. The Morgan fingerprint density at radius 2 is 1.65 bits per heavy atom. The zero-order valence-corrected chi connectivity index (χ0v) is 11.1. The van der Waals surface area contributed by atoms with E-state index in [2.05, 4.69) is 0 Å². The molecule has 0 spiro atoms. The van der Waals surface area contributed by atoms with Crippen LogP contribution in [0.2, 0.25) is 0 Å². The first-order chi connectivity index (χ1) is 7.77. The van der Waals surface area contributed by atoms with E-state index in [0.717, 1.165) is 0 Å². The first-order valence-electron chi connectivity index (χ1n) is 4.43. The van der Waals surface area contributed by atoms with E-state index < -0.39 is 46.4 Å². The lowest BCUT2D eigenvalue weighted by atomic mass is 10.00. The van der Waals surface area contributed by atoms with E-state index in [0.29, 0.717) is 5.56 Å². The quantitative estimate of drug-likeness (QED) is 0.806. The minimum atomic E-state index is -4.21. The molecule has 0 aliphatic rings. The predicted molar refractivity (Wildman–Crippen MR) is 63.9 cm³/mol. The zero-order chi connectivity index (χ0) is 13.3. The Labute approximate surface area is 103 Å². The molecule has 0 aromatic heterocycles. The molecule has 0 radical (unpaired) electrons. The summed E-state index contributed by atoms with van der Waals surface area (Å²) in [5.41, 5.74) is -0.203. The molecule has 17 heavy (non-hydrogen) atoms. The topological polar surface area (TPSA) is 109 Å². The smallest absolute Gasteiger partial charge is 0.342 e. The van der Waals surface area contributed by atoms with Crippen LogP contribution in [0.5, 0.6) is 0 Å². The normalized spacial score (nSPS) is 10.5. The van der Waals surface area contributed by atoms with E-state index in [-0.39, 0.29) is 5.56 Å². The summed E-state index contributed by atoms with van der Waals surface area (Å²) in [5.74, 6) is -2.88. The first kappa shape index (κ1) is 13.6. The molecule has 0 aliphatic carbocycles. The lowest BCUT2D eigenvalue weighted by Gasteiger charge is -2.09. The molecule has 0 fully saturated rings. The van der Waals surface area contributed by atoms with Gasteiger partial charge in [-0.2, -0.15) is 0 Å². The second-order valence-corrected chi connectivity index (χ2v) is 5.70. The number of carboxylic acids is 2. The SMILES string of the molecule is Cc1cc(C(=O)O)c(I(=O)=O)c(C(=O)O)c1C. The van der Waals surface area contributed by atoms with Gasteiger partial charge in [0.05, 0.1) is 11.1 Å². The lowest BCUT2D eigenvalue weighted by molar-refractivity contribution is 0.0694. The van der Waals surface area contributed by atoms with Crippen molar-refractivity contribution in [3.8, 4) is 0 Å². The predicted octanol–water partition coefficient (Wildman–Crippen LogP) is 2.07. The van der Waals surface area contributed by atoms with Crippen LogP contribution in [0.1, 0.15) is 31.8 Å². The van der Waals surface area contributed by atoms with Gasteiger partial charge in [0.1, 0.15) is 3.57 Å². The highest BCUT2D eigenvalue weighted by Gasteiger charge is 2.25. The summed E-state index contributed by atoms with van der Waals surface area (Å²) < 4.78 is 21.7. The third-order valence-corrected chi connectivity index (χ3v) is 4.38. The van der Waals surface area contributed by atoms with E-state index in [9.17, 15) is 15.7 Å². The molecule has 0 saturated carbocycles. The van der Waals surface area contributed by atoms with Crippen LogP contribution >= 0.6 is 19.8 Å². The molecule has 7 heteroatoms. The third-order valence-electron chi connectivity index (χ3n) is 2.38. The number of aromatic carboxylic acids is 2. The third kappa shape index (κ3) is 2.43. The molecular weight excluding hydrogens is 343 g/mol. The Bertz CT molecular complexity index is 577. The van der Waals surface area contributed by atoms with Crippen LogP contribution in [0.4, 0.5) is 0 Å². The van der Waals surface area contributed by atoms with Gasteiger partial charge in [-0.15, -0.1) is 0 Å². The number of aryl methyl sites for hydroxylation is 1. The van der Waals surface area contributed by atoms with E-state index in [1.807, 2.05) is 0 Å². The van der Waals surface area contributed by atoms with Gasteiger partial charge in [-0.25, -0.2) is 15.7 Å². The number of carboxylic acid groups (broad SMARTS) is 2. The van der Waals surface area contributed by atoms with Gasteiger partial charge in [-0.1, -0.05) is 0 Å².